The maximum Gasteiger partial charge on any atom is 0.328 e. The number of hydrogen-bond acceptors (Lipinski definition) is 4. The number of hydrogen-bond donors (Lipinski definition) is 1. The number of aryl methyl sites for hydroxylation is 1. The number of ether oxygens (including phenoxy) is 2. The Morgan fingerprint density at radius 1 is 1.14 bits per heavy atom. The van der Waals surface area contributed by atoms with E-state index < -0.39 is 5.97 Å². The fourth-order valence-electron chi connectivity index (χ4n) is 2.54. The van der Waals surface area contributed by atoms with Gasteiger partial charge in [-0.2, -0.15) is 0 Å². The Labute approximate surface area is 178 Å². The van der Waals surface area contributed by atoms with Crippen LogP contribution in [0, 0.1) is 6.92 Å². The van der Waals surface area contributed by atoms with E-state index in [1.807, 2.05) is 31.2 Å². The van der Waals surface area contributed by atoms with Crippen LogP contribution in [-0.4, -0.2) is 16.1 Å². The van der Waals surface area contributed by atoms with Crippen LogP contribution in [0.5, 0.6) is 17.4 Å². The molecule has 1 heterocycles. The Kier molecular flexibility index (Phi) is 6.75. The lowest BCUT2D eigenvalue weighted by Gasteiger charge is -2.12. The Bertz CT molecular complexity index is 1030. The summed E-state index contributed by atoms with van der Waals surface area (Å²) in [6.45, 7) is 2.15. The first-order valence-electron chi connectivity index (χ1n) is 8.63. The van der Waals surface area contributed by atoms with Crippen LogP contribution in [0.2, 0.25) is 10.0 Å². The predicted molar refractivity (Wildman–Crippen MR) is 113 cm³/mol. The molecule has 3 rings (SSSR count). The molecule has 0 aliphatic heterocycles. The van der Waals surface area contributed by atoms with E-state index in [0.717, 1.165) is 17.2 Å². The van der Waals surface area contributed by atoms with Crippen molar-refractivity contribution in [3.63, 3.8) is 0 Å². The Morgan fingerprint density at radius 3 is 2.59 bits per heavy atom. The van der Waals surface area contributed by atoms with E-state index >= 15 is 0 Å². The summed E-state index contributed by atoms with van der Waals surface area (Å²) < 4.78 is 11.5. The second-order valence-corrected chi connectivity index (χ2v) is 6.95. The van der Waals surface area contributed by atoms with E-state index in [4.69, 9.17) is 37.8 Å². The number of aromatic nitrogens is 1. The van der Waals surface area contributed by atoms with Crippen LogP contribution in [0.1, 0.15) is 16.7 Å². The molecule has 0 unspecified atom stereocenters. The molecule has 29 heavy (non-hydrogen) atoms. The van der Waals surface area contributed by atoms with Crippen molar-refractivity contribution in [1.29, 1.82) is 0 Å². The third-order valence-corrected chi connectivity index (χ3v) is 4.59. The SMILES string of the molecule is Cc1cc(C=CC(=O)O)cc(Cl)c1Oc1ccc(OCc2ccccc2Cl)cn1. The molecular weight excluding hydrogens is 413 g/mol. The molecular formula is C22H17Cl2NO4. The molecule has 2 aromatic carbocycles. The van der Waals surface area contributed by atoms with Crippen LogP contribution >= 0.6 is 23.2 Å². The largest absolute Gasteiger partial charge is 0.487 e. The molecule has 0 saturated carbocycles. The highest BCUT2D eigenvalue weighted by molar-refractivity contribution is 6.32. The maximum atomic E-state index is 10.7. The van der Waals surface area contributed by atoms with Gasteiger partial charge in [0.05, 0.1) is 11.2 Å². The van der Waals surface area contributed by atoms with Crippen molar-refractivity contribution in [3.8, 4) is 17.4 Å². The summed E-state index contributed by atoms with van der Waals surface area (Å²) >= 11 is 12.4. The molecule has 0 atom stereocenters. The second-order valence-electron chi connectivity index (χ2n) is 6.13. The van der Waals surface area contributed by atoms with Gasteiger partial charge in [-0.3, -0.25) is 0 Å². The van der Waals surface area contributed by atoms with Crippen molar-refractivity contribution in [2.45, 2.75) is 13.5 Å². The van der Waals surface area contributed by atoms with Crippen molar-refractivity contribution < 1.29 is 19.4 Å². The number of aliphatic carboxylic acids is 1. The van der Waals surface area contributed by atoms with E-state index in [-0.39, 0.29) is 0 Å². The van der Waals surface area contributed by atoms with Crippen molar-refractivity contribution in [3.05, 3.63) is 87.5 Å². The number of halogens is 2. The minimum atomic E-state index is -1.03. The van der Waals surface area contributed by atoms with Gasteiger partial charge in [-0.1, -0.05) is 41.4 Å². The molecule has 0 amide bonds. The van der Waals surface area contributed by atoms with E-state index in [9.17, 15) is 4.79 Å². The third kappa shape index (κ3) is 5.73. The Hall–Kier alpha value is -3.02. The summed E-state index contributed by atoms with van der Waals surface area (Å²) in [4.78, 5) is 14.9. The van der Waals surface area contributed by atoms with E-state index in [1.54, 1.807) is 30.5 Å². The average Bonchev–Trinajstić information content (AvgIpc) is 2.69. The molecule has 3 aromatic rings. The quantitative estimate of drug-likeness (QED) is 0.455. The molecule has 5 nitrogen and oxygen atoms in total. The number of rotatable bonds is 7. The number of pyridine rings is 1. The molecule has 0 saturated heterocycles. The summed E-state index contributed by atoms with van der Waals surface area (Å²) in [7, 11) is 0. The molecule has 0 aliphatic rings. The smallest absolute Gasteiger partial charge is 0.328 e. The Morgan fingerprint density at radius 2 is 1.93 bits per heavy atom. The molecule has 0 radical (unpaired) electrons. The average molecular weight is 430 g/mol. The predicted octanol–water partition coefficient (Wildman–Crippen LogP) is 6.17. The fraction of sp³-hybridized carbons (Fsp3) is 0.0909. The van der Waals surface area contributed by atoms with Crippen molar-refractivity contribution in [1.82, 2.24) is 4.98 Å². The van der Waals surface area contributed by atoms with Crippen LogP contribution in [0.3, 0.4) is 0 Å². The van der Waals surface area contributed by atoms with Crippen LogP contribution in [0.25, 0.3) is 6.08 Å². The fourth-order valence-corrected chi connectivity index (χ4v) is 3.05. The van der Waals surface area contributed by atoms with Gasteiger partial charge in [0.1, 0.15) is 12.4 Å². The lowest BCUT2D eigenvalue weighted by atomic mass is 10.1. The zero-order valence-electron chi connectivity index (χ0n) is 15.4. The van der Waals surface area contributed by atoms with Crippen LogP contribution in [0.15, 0.2) is 60.8 Å². The number of nitrogens with zero attached hydrogens (tertiary/aromatic N) is 1. The number of benzene rings is 2. The van der Waals surface area contributed by atoms with Crippen molar-refractivity contribution in [2.75, 3.05) is 0 Å². The summed E-state index contributed by atoms with van der Waals surface area (Å²) in [6, 6.07) is 14.3. The molecule has 1 N–H and O–H groups in total. The van der Waals surface area contributed by atoms with Gasteiger partial charge in [0, 0.05) is 22.7 Å². The molecule has 7 heteroatoms. The van der Waals surface area contributed by atoms with Crippen molar-refractivity contribution in [2.24, 2.45) is 0 Å². The van der Waals surface area contributed by atoms with E-state index in [1.165, 1.54) is 6.08 Å². The zero-order chi connectivity index (χ0) is 20.8. The first kappa shape index (κ1) is 20.7. The summed E-state index contributed by atoms with van der Waals surface area (Å²) in [5.41, 5.74) is 2.30. The first-order valence-corrected chi connectivity index (χ1v) is 9.39. The van der Waals surface area contributed by atoms with Crippen LogP contribution in [0.4, 0.5) is 0 Å². The number of carboxylic acid groups (broad SMARTS) is 1. The molecule has 0 fully saturated rings. The molecule has 1 aromatic heterocycles. The summed E-state index contributed by atoms with van der Waals surface area (Å²) in [5, 5.41) is 9.74. The van der Waals surface area contributed by atoms with Gasteiger partial charge in [0.25, 0.3) is 0 Å². The molecule has 0 bridgehead atoms. The normalized spacial score (nSPS) is 10.9. The van der Waals surface area contributed by atoms with E-state index in [2.05, 4.69) is 4.98 Å². The van der Waals surface area contributed by atoms with Gasteiger partial charge in [0.2, 0.25) is 5.88 Å². The topological polar surface area (TPSA) is 68.7 Å². The van der Waals surface area contributed by atoms with Gasteiger partial charge in [-0.25, -0.2) is 9.78 Å². The highest BCUT2D eigenvalue weighted by Gasteiger charge is 2.10. The van der Waals surface area contributed by atoms with Gasteiger partial charge < -0.3 is 14.6 Å². The lowest BCUT2D eigenvalue weighted by molar-refractivity contribution is -0.131. The van der Waals surface area contributed by atoms with E-state index in [0.29, 0.717) is 39.6 Å². The van der Waals surface area contributed by atoms with Gasteiger partial charge in [-0.05, 0) is 48.4 Å². The second kappa shape index (κ2) is 9.45. The highest BCUT2D eigenvalue weighted by Crippen LogP contribution is 2.34. The molecule has 0 spiro atoms. The van der Waals surface area contributed by atoms with Gasteiger partial charge >= 0.3 is 5.97 Å². The Balaban J connectivity index is 1.68. The third-order valence-electron chi connectivity index (χ3n) is 3.94. The molecule has 0 aliphatic carbocycles. The minimum Gasteiger partial charge on any atom is -0.487 e. The molecule has 148 valence electrons. The highest BCUT2D eigenvalue weighted by atomic mass is 35.5. The standard InChI is InChI=1S/C22H17Cl2NO4/c1-14-10-15(6-9-21(26)27)11-19(24)22(14)29-20-8-7-17(12-25-20)28-13-16-4-2-3-5-18(16)23/h2-12H,13H2,1H3,(H,26,27). The first-order chi connectivity index (χ1) is 13.9. The van der Waals surface area contributed by atoms with Crippen LogP contribution < -0.4 is 9.47 Å². The zero-order valence-corrected chi connectivity index (χ0v) is 16.9. The summed E-state index contributed by atoms with van der Waals surface area (Å²) in [6.07, 6.45) is 4.07. The number of carbonyl (C=O) groups is 1. The summed E-state index contributed by atoms with van der Waals surface area (Å²) in [5.74, 6) is 0.361. The van der Waals surface area contributed by atoms with Crippen LogP contribution in [-0.2, 0) is 11.4 Å². The maximum absolute atomic E-state index is 10.7. The minimum absolute atomic E-state index is 0.331. The number of carboxylic acids is 1. The van der Waals surface area contributed by atoms with Gasteiger partial charge in [-0.15, -0.1) is 0 Å². The monoisotopic (exact) mass is 429 g/mol. The van der Waals surface area contributed by atoms with Crippen molar-refractivity contribution >= 4 is 35.2 Å². The lowest BCUT2D eigenvalue weighted by Crippen LogP contribution is -1.97. The van der Waals surface area contributed by atoms with Gasteiger partial charge in [0.15, 0.2) is 5.75 Å².